The number of carbonyl (C=O) groups excluding carboxylic acids is 2. The van der Waals surface area contributed by atoms with E-state index in [0.29, 0.717) is 38.1 Å². The second kappa shape index (κ2) is 6.51. The molecular weight excluding hydrogens is 430 g/mol. The van der Waals surface area contributed by atoms with Crippen LogP contribution in [0.4, 0.5) is 0 Å². The normalized spacial score (nSPS) is 26.2. The maximum Gasteiger partial charge on any atom is 0.261 e. The van der Waals surface area contributed by atoms with Gasteiger partial charge in [0.25, 0.3) is 5.91 Å². The van der Waals surface area contributed by atoms with Crippen LogP contribution in [0.3, 0.4) is 0 Å². The van der Waals surface area contributed by atoms with Crippen molar-refractivity contribution in [1.29, 1.82) is 0 Å². The van der Waals surface area contributed by atoms with Crippen molar-refractivity contribution in [2.45, 2.75) is 37.3 Å². The minimum atomic E-state index is -0.956. The summed E-state index contributed by atoms with van der Waals surface area (Å²) in [5, 5.41) is 0.726. The maximum absolute atomic E-state index is 13.4. The van der Waals surface area contributed by atoms with E-state index in [1.54, 1.807) is 18.9 Å². The molecule has 4 rings (SSSR count). The van der Waals surface area contributed by atoms with Gasteiger partial charge in [-0.2, -0.15) is 0 Å². The smallest absolute Gasteiger partial charge is 0.261 e. The number of aliphatic imine (C=N–C) groups is 1. The standard InChI is InChI=1S/C19H22BrN3O3S/c1-12(24)23-8-6-18(7-9-23)11-19(16(25)22(2)17(21-19)27-3)14-10-13(20)4-5-15(14)26-18/h4-5,10H,6-9,11H2,1-3H3. The summed E-state index contributed by atoms with van der Waals surface area (Å²) in [5.41, 5.74) is -0.624. The van der Waals surface area contributed by atoms with Gasteiger partial charge in [0.05, 0.1) is 0 Å². The lowest BCUT2D eigenvalue weighted by molar-refractivity contribution is -0.139. The number of thioether (sulfide) groups is 1. The highest BCUT2D eigenvalue weighted by atomic mass is 79.9. The molecule has 1 fully saturated rings. The first-order valence-electron chi connectivity index (χ1n) is 8.97. The van der Waals surface area contributed by atoms with Crippen molar-refractivity contribution in [3.8, 4) is 5.75 Å². The van der Waals surface area contributed by atoms with Gasteiger partial charge in [-0.1, -0.05) is 27.7 Å². The molecule has 1 saturated heterocycles. The van der Waals surface area contributed by atoms with Gasteiger partial charge < -0.3 is 9.64 Å². The number of fused-ring (bicyclic) bond motifs is 2. The SMILES string of the molecule is CSC1=NC2(CC3(CCN(C(C)=O)CC3)Oc3ccc(Br)cc32)C(=O)N1C. The Kier molecular flexibility index (Phi) is 4.54. The molecule has 0 radical (unpaired) electrons. The summed E-state index contributed by atoms with van der Waals surface area (Å²) in [6, 6.07) is 5.79. The van der Waals surface area contributed by atoms with Gasteiger partial charge in [0.1, 0.15) is 11.4 Å². The van der Waals surface area contributed by atoms with Crippen molar-refractivity contribution in [2.75, 3.05) is 26.4 Å². The Labute approximate surface area is 171 Å². The van der Waals surface area contributed by atoms with Crippen molar-refractivity contribution < 1.29 is 14.3 Å². The second-order valence-corrected chi connectivity index (χ2v) is 9.12. The van der Waals surface area contributed by atoms with Gasteiger partial charge in [0.15, 0.2) is 10.7 Å². The fourth-order valence-corrected chi connectivity index (χ4v) is 5.34. The molecule has 0 aliphatic carbocycles. The molecule has 1 unspecified atom stereocenters. The van der Waals surface area contributed by atoms with Gasteiger partial charge in [0, 0.05) is 56.4 Å². The minimum Gasteiger partial charge on any atom is -0.487 e. The van der Waals surface area contributed by atoms with E-state index in [-0.39, 0.29) is 11.8 Å². The third kappa shape index (κ3) is 2.88. The summed E-state index contributed by atoms with van der Waals surface area (Å²) in [4.78, 5) is 33.5. The minimum absolute atomic E-state index is 0.0112. The van der Waals surface area contributed by atoms with E-state index >= 15 is 0 Å². The molecule has 2 spiro atoms. The molecule has 1 aromatic carbocycles. The quantitative estimate of drug-likeness (QED) is 0.607. The summed E-state index contributed by atoms with van der Waals surface area (Å²) < 4.78 is 7.38. The average Bonchev–Trinajstić information content (AvgIpc) is 2.88. The third-order valence-corrected chi connectivity index (χ3v) is 7.05. The number of piperidine rings is 1. The predicted octanol–water partition coefficient (Wildman–Crippen LogP) is 3.00. The van der Waals surface area contributed by atoms with Crippen molar-refractivity contribution in [3.05, 3.63) is 28.2 Å². The van der Waals surface area contributed by atoms with Crippen molar-refractivity contribution in [2.24, 2.45) is 4.99 Å². The van der Waals surface area contributed by atoms with Crippen LogP contribution in [0, 0.1) is 0 Å². The third-order valence-electron chi connectivity index (χ3n) is 5.83. The van der Waals surface area contributed by atoms with Crippen LogP contribution in [0.1, 0.15) is 31.7 Å². The molecule has 0 saturated carbocycles. The zero-order valence-corrected chi connectivity index (χ0v) is 18.0. The number of likely N-dealkylation sites (N-methyl/N-ethyl adjacent to an activating group) is 1. The summed E-state index contributed by atoms with van der Waals surface area (Å²) in [6.07, 6.45) is 3.84. The monoisotopic (exact) mass is 451 g/mol. The van der Waals surface area contributed by atoms with E-state index in [1.807, 2.05) is 29.4 Å². The highest BCUT2D eigenvalue weighted by Crippen LogP contribution is 2.53. The van der Waals surface area contributed by atoms with Crippen LogP contribution in [-0.4, -0.2) is 58.8 Å². The molecule has 3 aliphatic rings. The number of hydrogen-bond donors (Lipinski definition) is 0. The highest BCUT2D eigenvalue weighted by Gasteiger charge is 2.58. The maximum atomic E-state index is 13.4. The number of ether oxygens (including phenoxy) is 1. The van der Waals surface area contributed by atoms with Crippen molar-refractivity contribution in [1.82, 2.24) is 9.80 Å². The average molecular weight is 452 g/mol. The number of amides is 2. The van der Waals surface area contributed by atoms with E-state index < -0.39 is 11.1 Å². The van der Waals surface area contributed by atoms with Crippen molar-refractivity contribution in [3.63, 3.8) is 0 Å². The fraction of sp³-hybridized carbons (Fsp3) is 0.526. The Balaban J connectivity index is 1.80. The van der Waals surface area contributed by atoms with Crippen LogP contribution in [0.25, 0.3) is 0 Å². The van der Waals surface area contributed by atoms with Gasteiger partial charge in [0.2, 0.25) is 5.91 Å². The molecule has 0 aromatic heterocycles. The molecule has 144 valence electrons. The number of nitrogens with zero attached hydrogens (tertiary/aromatic N) is 3. The molecule has 27 heavy (non-hydrogen) atoms. The Morgan fingerprint density at radius 2 is 2.04 bits per heavy atom. The second-order valence-electron chi connectivity index (χ2n) is 7.43. The van der Waals surface area contributed by atoms with E-state index in [9.17, 15) is 9.59 Å². The molecular formula is C19H22BrN3O3S. The molecule has 1 aromatic rings. The number of amidine groups is 1. The van der Waals surface area contributed by atoms with E-state index in [1.165, 1.54) is 11.8 Å². The molecule has 1 atom stereocenters. The number of carbonyl (C=O) groups is 2. The van der Waals surface area contributed by atoms with Crippen LogP contribution in [0.15, 0.2) is 27.7 Å². The molecule has 3 heterocycles. The molecule has 3 aliphatic heterocycles. The number of halogens is 1. The largest absolute Gasteiger partial charge is 0.487 e. The lowest BCUT2D eigenvalue weighted by atomic mass is 9.72. The fourth-order valence-electron chi connectivity index (χ4n) is 4.38. The number of benzene rings is 1. The Bertz CT molecular complexity index is 851. The highest BCUT2D eigenvalue weighted by molar-refractivity contribution is 9.10. The van der Waals surface area contributed by atoms with Crippen molar-refractivity contribution >= 4 is 44.7 Å². The number of hydrogen-bond acceptors (Lipinski definition) is 5. The molecule has 8 heteroatoms. The van der Waals surface area contributed by atoms with Gasteiger partial charge in [-0.3, -0.25) is 14.5 Å². The van der Waals surface area contributed by atoms with Crippen LogP contribution >= 0.6 is 27.7 Å². The summed E-state index contributed by atoms with van der Waals surface area (Å²) >= 11 is 5.00. The Morgan fingerprint density at radius 3 is 2.63 bits per heavy atom. The first kappa shape index (κ1) is 18.8. The summed E-state index contributed by atoms with van der Waals surface area (Å²) in [5.74, 6) is 0.788. The Hall–Kier alpha value is -1.54. The van der Waals surface area contributed by atoms with Gasteiger partial charge in [-0.05, 0) is 24.5 Å². The van der Waals surface area contributed by atoms with Crippen LogP contribution in [0.2, 0.25) is 0 Å². The lowest BCUT2D eigenvalue weighted by Crippen LogP contribution is -2.56. The van der Waals surface area contributed by atoms with Gasteiger partial charge in [-0.25, -0.2) is 4.99 Å². The van der Waals surface area contributed by atoms with Gasteiger partial charge >= 0.3 is 0 Å². The first-order chi connectivity index (χ1) is 12.8. The number of likely N-dealkylation sites (tertiary alicyclic amines) is 1. The molecule has 6 nitrogen and oxygen atoms in total. The first-order valence-corrected chi connectivity index (χ1v) is 11.0. The number of rotatable bonds is 0. The topological polar surface area (TPSA) is 62.2 Å². The van der Waals surface area contributed by atoms with E-state index in [2.05, 4.69) is 15.9 Å². The zero-order chi connectivity index (χ0) is 19.4. The molecule has 0 N–H and O–H groups in total. The predicted molar refractivity (Wildman–Crippen MR) is 109 cm³/mol. The Morgan fingerprint density at radius 1 is 1.33 bits per heavy atom. The van der Waals surface area contributed by atoms with Crippen LogP contribution < -0.4 is 4.74 Å². The zero-order valence-electron chi connectivity index (χ0n) is 15.6. The van der Waals surface area contributed by atoms with Crippen LogP contribution in [0.5, 0.6) is 5.75 Å². The molecule has 2 amide bonds. The van der Waals surface area contributed by atoms with E-state index in [0.717, 1.165) is 15.2 Å². The summed E-state index contributed by atoms with van der Waals surface area (Å²) in [6.45, 7) is 2.87. The van der Waals surface area contributed by atoms with E-state index in [4.69, 9.17) is 9.73 Å². The van der Waals surface area contributed by atoms with Crippen LogP contribution in [-0.2, 0) is 15.1 Å². The van der Waals surface area contributed by atoms with Gasteiger partial charge in [-0.15, -0.1) is 0 Å². The molecule has 0 bridgehead atoms. The lowest BCUT2D eigenvalue weighted by Gasteiger charge is -2.48. The summed E-state index contributed by atoms with van der Waals surface area (Å²) in [7, 11) is 1.78.